The van der Waals surface area contributed by atoms with Gasteiger partial charge in [-0.25, -0.2) is 4.90 Å². The second-order valence-electron chi connectivity index (χ2n) is 11.8. The molecule has 1 heterocycles. The van der Waals surface area contributed by atoms with Crippen molar-refractivity contribution in [1.29, 1.82) is 0 Å². The number of amides is 4. The van der Waals surface area contributed by atoms with Crippen LogP contribution in [-0.2, 0) is 14.4 Å². The van der Waals surface area contributed by atoms with E-state index >= 15 is 0 Å². The van der Waals surface area contributed by atoms with E-state index < -0.39 is 17.1 Å². The summed E-state index contributed by atoms with van der Waals surface area (Å²) in [7, 11) is 0. The molecule has 0 radical (unpaired) electrons. The van der Waals surface area contributed by atoms with Crippen LogP contribution in [0.25, 0.3) is 6.08 Å². The number of benzene rings is 4. The molecule has 4 aromatic carbocycles. The number of hydrogen-bond acceptors (Lipinski definition) is 6. The third-order valence-electron chi connectivity index (χ3n) is 7.80. The smallest absolute Gasteiger partial charge is 0.272 e. The van der Waals surface area contributed by atoms with E-state index in [2.05, 4.69) is 31.4 Å². The summed E-state index contributed by atoms with van der Waals surface area (Å²) in [5, 5.41) is 5.06. The predicted octanol–water partition coefficient (Wildman–Crippen LogP) is 7.82. The first-order chi connectivity index (χ1) is 23.2. The molecule has 1 aliphatic rings. The number of ether oxygens (including phenoxy) is 1. The topological polar surface area (TPSA) is 105 Å². The highest BCUT2D eigenvalue weighted by molar-refractivity contribution is 8.00. The van der Waals surface area contributed by atoms with Gasteiger partial charge in [0.2, 0.25) is 11.8 Å². The van der Waals surface area contributed by atoms with Gasteiger partial charge in [-0.05, 0) is 90.2 Å². The number of nitrogens with zero attached hydrogens (tertiary/aromatic N) is 1. The number of thioether (sulfide) groups is 1. The Morgan fingerprint density at radius 2 is 1.60 bits per heavy atom. The molecule has 1 aliphatic heterocycles. The van der Waals surface area contributed by atoms with Crippen LogP contribution in [-0.4, -0.2) is 35.5 Å². The Hall–Kier alpha value is -5.15. The van der Waals surface area contributed by atoms with Crippen molar-refractivity contribution in [3.63, 3.8) is 0 Å². The van der Waals surface area contributed by atoms with Crippen molar-refractivity contribution < 1.29 is 23.9 Å². The van der Waals surface area contributed by atoms with Crippen molar-refractivity contribution in [1.82, 2.24) is 5.32 Å². The van der Waals surface area contributed by atoms with Gasteiger partial charge in [0.05, 0.1) is 17.5 Å². The molecule has 5 rings (SSSR count). The van der Waals surface area contributed by atoms with E-state index in [0.29, 0.717) is 35.2 Å². The fourth-order valence-electron chi connectivity index (χ4n) is 5.06. The van der Waals surface area contributed by atoms with Gasteiger partial charge in [-0.2, -0.15) is 0 Å². The monoisotopic (exact) mass is 661 g/mol. The SMILES string of the molecule is CCCCOc1ccc(N2C(=O)CC(Sc3ccc(NC(=O)/C(=C/c4ccc(C(C)C)cc4)NC(=O)c4ccccc4)cc3)C2=O)cc1. The van der Waals surface area contributed by atoms with Gasteiger partial charge < -0.3 is 15.4 Å². The van der Waals surface area contributed by atoms with Crippen molar-refractivity contribution in [3.8, 4) is 5.75 Å². The number of nitrogens with one attached hydrogen (secondary N) is 2. The molecule has 2 N–H and O–H groups in total. The zero-order valence-corrected chi connectivity index (χ0v) is 28.1. The first-order valence-corrected chi connectivity index (χ1v) is 17.0. The minimum absolute atomic E-state index is 0.0875. The quantitative estimate of drug-likeness (QED) is 0.0860. The van der Waals surface area contributed by atoms with Crippen LogP contribution < -0.4 is 20.3 Å². The minimum Gasteiger partial charge on any atom is -0.494 e. The van der Waals surface area contributed by atoms with E-state index in [1.165, 1.54) is 22.2 Å². The Morgan fingerprint density at radius 1 is 0.917 bits per heavy atom. The average molecular weight is 662 g/mol. The first kappa shape index (κ1) is 34.2. The lowest BCUT2D eigenvalue weighted by atomic mass is 10.0. The summed E-state index contributed by atoms with van der Waals surface area (Å²) in [6, 6.07) is 30.6. The predicted molar refractivity (Wildman–Crippen MR) is 191 cm³/mol. The molecule has 1 saturated heterocycles. The molecule has 0 spiro atoms. The lowest BCUT2D eigenvalue weighted by molar-refractivity contribution is -0.121. The highest BCUT2D eigenvalue weighted by atomic mass is 32.2. The summed E-state index contributed by atoms with van der Waals surface area (Å²) in [5.41, 5.74) is 3.49. The number of unbranched alkanes of at least 4 members (excludes halogenated alkanes) is 1. The maximum absolute atomic E-state index is 13.5. The summed E-state index contributed by atoms with van der Waals surface area (Å²) in [5.74, 6) is -0.343. The van der Waals surface area contributed by atoms with E-state index in [0.717, 1.165) is 23.3 Å². The standard InChI is InChI=1S/C39H39N3O5S/c1-4-5-23-47-32-19-17-31(18-20-32)42-36(43)25-35(39(42)46)48-33-21-15-30(16-22-33)40-38(45)34(41-37(44)29-9-7-6-8-10-29)24-27-11-13-28(14-12-27)26(2)3/h6-22,24,26,35H,4-5,23,25H2,1-3H3,(H,40,45)(H,41,44)/b34-24-. The number of rotatable bonds is 13. The van der Waals surface area contributed by atoms with Crippen LogP contribution >= 0.6 is 11.8 Å². The second kappa shape index (κ2) is 16.1. The van der Waals surface area contributed by atoms with Gasteiger partial charge in [0.15, 0.2) is 0 Å². The van der Waals surface area contributed by atoms with E-state index in [9.17, 15) is 19.2 Å². The Bertz CT molecular complexity index is 1770. The third-order valence-corrected chi connectivity index (χ3v) is 9.00. The summed E-state index contributed by atoms with van der Waals surface area (Å²) >= 11 is 1.31. The Balaban J connectivity index is 1.24. The van der Waals surface area contributed by atoms with Gasteiger partial charge in [0, 0.05) is 22.6 Å². The number of anilines is 2. The molecule has 4 aromatic rings. The van der Waals surface area contributed by atoms with E-state index in [4.69, 9.17) is 4.74 Å². The molecule has 4 amide bonds. The van der Waals surface area contributed by atoms with Gasteiger partial charge in [-0.1, -0.05) is 69.7 Å². The van der Waals surface area contributed by atoms with Crippen LogP contribution in [0.2, 0.25) is 0 Å². The first-order valence-electron chi connectivity index (χ1n) is 16.1. The van der Waals surface area contributed by atoms with Crippen molar-refractivity contribution >= 4 is 52.8 Å². The highest BCUT2D eigenvalue weighted by Crippen LogP contribution is 2.35. The van der Waals surface area contributed by atoms with E-state index in [1.807, 2.05) is 30.3 Å². The molecule has 1 atom stereocenters. The zero-order valence-electron chi connectivity index (χ0n) is 27.3. The van der Waals surface area contributed by atoms with E-state index in [1.54, 1.807) is 78.9 Å². The molecule has 8 nitrogen and oxygen atoms in total. The van der Waals surface area contributed by atoms with Crippen molar-refractivity contribution in [2.45, 2.75) is 56.1 Å². The number of imide groups is 1. The lowest BCUT2D eigenvalue weighted by Gasteiger charge is -2.16. The molecule has 0 aromatic heterocycles. The number of carbonyl (C=O) groups excluding carboxylic acids is 4. The van der Waals surface area contributed by atoms with Gasteiger partial charge in [-0.3, -0.25) is 19.2 Å². The van der Waals surface area contributed by atoms with Gasteiger partial charge in [0.1, 0.15) is 11.4 Å². The fraction of sp³-hybridized carbons (Fsp3) is 0.231. The zero-order chi connectivity index (χ0) is 34.0. The second-order valence-corrected chi connectivity index (χ2v) is 13.0. The molecule has 246 valence electrons. The maximum atomic E-state index is 13.5. The largest absolute Gasteiger partial charge is 0.494 e. The van der Waals surface area contributed by atoms with Crippen LogP contribution in [0.3, 0.4) is 0 Å². The molecule has 0 saturated carbocycles. The summed E-state index contributed by atoms with van der Waals surface area (Å²) in [6.45, 7) is 6.93. The summed E-state index contributed by atoms with van der Waals surface area (Å²) < 4.78 is 5.70. The molecular weight excluding hydrogens is 623 g/mol. The van der Waals surface area contributed by atoms with Gasteiger partial charge >= 0.3 is 0 Å². The Kier molecular flexibility index (Phi) is 11.5. The third kappa shape index (κ3) is 8.80. The molecule has 48 heavy (non-hydrogen) atoms. The summed E-state index contributed by atoms with van der Waals surface area (Å²) in [4.78, 5) is 54.6. The van der Waals surface area contributed by atoms with Crippen LogP contribution in [0, 0.1) is 0 Å². The normalized spacial score (nSPS) is 14.7. The van der Waals surface area contributed by atoms with Crippen LogP contribution in [0.4, 0.5) is 11.4 Å². The van der Waals surface area contributed by atoms with Crippen molar-refractivity contribution in [2.75, 3.05) is 16.8 Å². The van der Waals surface area contributed by atoms with Gasteiger partial charge in [0.25, 0.3) is 11.8 Å². The maximum Gasteiger partial charge on any atom is 0.272 e. The van der Waals surface area contributed by atoms with E-state index in [-0.39, 0.29) is 23.9 Å². The number of carbonyl (C=O) groups is 4. The molecule has 1 unspecified atom stereocenters. The average Bonchev–Trinajstić information content (AvgIpc) is 3.37. The Labute approximate surface area is 285 Å². The lowest BCUT2D eigenvalue weighted by Crippen LogP contribution is -2.31. The minimum atomic E-state index is -0.566. The van der Waals surface area contributed by atoms with Crippen molar-refractivity contribution in [2.24, 2.45) is 0 Å². The van der Waals surface area contributed by atoms with Crippen LogP contribution in [0.15, 0.2) is 114 Å². The fourth-order valence-corrected chi connectivity index (χ4v) is 6.11. The van der Waals surface area contributed by atoms with Crippen LogP contribution in [0.1, 0.15) is 67.4 Å². The number of hydrogen-bond donors (Lipinski definition) is 2. The van der Waals surface area contributed by atoms with Crippen molar-refractivity contribution in [3.05, 3.63) is 126 Å². The molecule has 0 bridgehead atoms. The Morgan fingerprint density at radius 3 is 2.25 bits per heavy atom. The molecular formula is C39H39N3O5S. The molecule has 0 aliphatic carbocycles. The molecule has 9 heteroatoms. The summed E-state index contributed by atoms with van der Waals surface area (Å²) in [6.07, 6.45) is 3.72. The van der Waals surface area contributed by atoms with Crippen LogP contribution in [0.5, 0.6) is 5.75 Å². The van der Waals surface area contributed by atoms with Gasteiger partial charge in [-0.15, -0.1) is 11.8 Å². The highest BCUT2D eigenvalue weighted by Gasteiger charge is 2.40. The molecule has 1 fully saturated rings.